The van der Waals surface area contributed by atoms with Gasteiger partial charge in [-0.1, -0.05) is 6.92 Å². The van der Waals surface area contributed by atoms with Crippen LogP contribution >= 0.6 is 0 Å². The van der Waals surface area contributed by atoms with Crippen LogP contribution in [0, 0.1) is 19.8 Å². The molecule has 1 aliphatic rings. The van der Waals surface area contributed by atoms with E-state index in [9.17, 15) is 0 Å². The van der Waals surface area contributed by atoms with Gasteiger partial charge in [-0.2, -0.15) is 5.10 Å². The van der Waals surface area contributed by atoms with Crippen LogP contribution in [-0.2, 0) is 18.3 Å². The SMILES string of the molecule is CCNC(=NCc1c(C)nn(C)c1C)NCC(C)CN1CCOCC1. The molecule has 0 aliphatic carbocycles. The average molecular weight is 351 g/mol. The number of ether oxygens (including phenoxy) is 1. The van der Waals surface area contributed by atoms with Crippen molar-refractivity contribution < 1.29 is 4.74 Å². The van der Waals surface area contributed by atoms with Gasteiger partial charge in [0.15, 0.2) is 5.96 Å². The van der Waals surface area contributed by atoms with E-state index in [-0.39, 0.29) is 0 Å². The van der Waals surface area contributed by atoms with E-state index < -0.39 is 0 Å². The zero-order valence-electron chi connectivity index (χ0n) is 16.4. The van der Waals surface area contributed by atoms with Gasteiger partial charge in [0, 0.05) is 51.0 Å². The maximum Gasteiger partial charge on any atom is 0.191 e. The molecule has 1 aromatic heterocycles. The summed E-state index contributed by atoms with van der Waals surface area (Å²) in [6, 6.07) is 0. The first-order valence-electron chi connectivity index (χ1n) is 9.32. The van der Waals surface area contributed by atoms with Gasteiger partial charge in [0.05, 0.1) is 25.5 Å². The Kier molecular flexibility index (Phi) is 7.71. The molecule has 0 saturated carbocycles. The Labute approximate surface area is 151 Å². The molecule has 0 spiro atoms. The largest absolute Gasteiger partial charge is 0.379 e. The Morgan fingerprint density at radius 3 is 2.60 bits per heavy atom. The highest BCUT2D eigenvalue weighted by atomic mass is 16.5. The molecule has 1 fully saturated rings. The van der Waals surface area contributed by atoms with Crippen LogP contribution in [0.2, 0.25) is 0 Å². The average Bonchev–Trinajstić information content (AvgIpc) is 2.83. The maximum absolute atomic E-state index is 5.41. The fourth-order valence-electron chi connectivity index (χ4n) is 3.11. The summed E-state index contributed by atoms with van der Waals surface area (Å²) in [6.45, 7) is 15.8. The van der Waals surface area contributed by atoms with Crippen LogP contribution in [0.5, 0.6) is 0 Å². The summed E-state index contributed by atoms with van der Waals surface area (Å²) in [4.78, 5) is 7.22. The smallest absolute Gasteiger partial charge is 0.191 e. The van der Waals surface area contributed by atoms with Gasteiger partial charge in [-0.3, -0.25) is 9.58 Å². The van der Waals surface area contributed by atoms with E-state index in [0.29, 0.717) is 12.5 Å². The predicted molar refractivity (Wildman–Crippen MR) is 102 cm³/mol. The number of nitrogens with one attached hydrogen (secondary N) is 2. The molecular formula is C18H34N6O. The van der Waals surface area contributed by atoms with Crippen LogP contribution in [0.15, 0.2) is 4.99 Å². The van der Waals surface area contributed by atoms with Gasteiger partial charge in [-0.05, 0) is 26.7 Å². The molecule has 2 rings (SSSR count). The molecule has 7 heteroatoms. The van der Waals surface area contributed by atoms with Gasteiger partial charge >= 0.3 is 0 Å². The number of morpholine rings is 1. The van der Waals surface area contributed by atoms with E-state index in [4.69, 9.17) is 9.73 Å². The second kappa shape index (κ2) is 9.77. The standard InChI is InChI=1S/C18H34N6O/c1-6-19-18(21-12-17-15(3)22-23(5)16(17)4)20-11-14(2)13-24-7-9-25-10-8-24/h14H,6-13H2,1-5H3,(H2,19,20,21). The van der Waals surface area contributed by atoms with E-state index in [1.807, 2.05) is 18.7 Å². The summed E-state index contributed by atoms with van der Waals surface area (Å²) in [7, 11) is 1.98. The fourth-order valence-corrected chi connectivity index (χ4v) is 3.11. The molecule has 2 heterocycles. The minimum absolute atomic E-state index is 0.559. The van der Waals surface area contributed by atoms with Gasteiger partial charge in [0.1, 0.15) is 0 Å². The Morgan fingerprint density at radius 1 is 1.28 bits per heavy atom. The molecule has 1 unspecified atom stereocenters. The normalized spacial score (nSPS) is 17.6. The number of hydrogen-bond donors (Lipinski definition) is 2. The van der Waals surface area contributed by atoms with Gasteiger partial charge in [-0.25, -0.2) is 4.99 Å². The number of rotatable bonds is 7. The maximum atomic E-state index is 5.41. The lowest BCUT2D eigenvalue weighted by Crippen LogP contribution is -2.44. The van der Waals surface area contributed by atoms with Crippen LogP contribution in [0.4, 0.5) is 0 Å². The lowest BCUT2D eigenvalue weighted by Gasteiger charge is -2.29. The first-order valence-corrected chi connectivity index (χ1v) is 9.32. The van der Waals surface area contributed by atoms with Crippen LogP contribution in [0.3, 0.4) is 0 Å². The third-order valence-electron chi connectivity index (χ3n) is 4.69. The van der Waals surface area contributed by atoms with Crippen molar-refractivity contribution >= 4 is 5.96 Å². The van der Waals surface area contributed by atoms with Crippen molar-refractivity contribution in [2.45, 2.75) is 34.2 Å². The van der Waals surface area contributed by atoms with Gasteiger partial charge in [0.25, 0.3) is 0 Å². The molecule has 0 radical (unpaired) electrons. The van der Waals surface area contributed by atoms with E-state index in [2.05, 4.69) is 41.4 Å². The summed E-state index contributed by atoms with van der Waals surface area (Å²) >= 11 is 0. The summed E-state index contributed by atoms with van der Waals surface area (Å²) in [6.07, 6.45) is 0. The lowest BCUT2D eigenvalue weighted by molar-refractivity contribution is 0.0320. The van der Waals surface area contributed by atoms with Crippen molar-refractivity contribution in [2.24, 2.45) is 18.0 Å². The lowest BCUT2D eigenvalue weighted by atomic mass is 10.1. The molecule has 1 saturated heterocycles. The molecule has 1 atom stereocenters. The van der Waals surface area contributed by atoms with Gasteiger partial charge in [0.2, 0.25) is 0 Å². The van der Waals surface area contributed by atoms with Crippen LogP contribution < -0.4 is 10.6 Å². The Hall–Kier alpha value is -1.60. The summed E-state index contributed by atoms with van der Waals surface area (Å²) in [5.74, 6) is 1.43. The minimum atomic E-state index is 0.559. The molecule has 0 amide bonds. The third-order valence-corrected chi connectivity index (χ3v) is 4.69. The molecule has 7 nitrogen and oxygen atoms in total. The number of aliphatic imine (C=N–C) groups is 1. The van der Waals surface area contributed by atoms with Gasteiger partial charge < -0.3 is 15.4 Å². The van der Waals surface area contributed by atoms with E-state index >= 15 is 0 Å². The van der Waals surface area contributed by atoms with Crippen LogP contribution in [0.1, 0.15) is 30.8 Å². The molecule has 1 aromatic rings. The molecule has 0 aromatic carbocycles. The van der Waals surface area contributed by atoms with E-state index in [1.54, 1.807) is 0 Å². The van der Waals surface area contributed by atoms with Crippen LogP contribution in [0.25, 0.3) is 0 Å². The van der Waals surface area contributed by atoms with Crippen molar-refractivity contribution in [1.82, 2.24) is 25.3 Å². The zero-order chi connectivity index (χ0) is 18.2. The van der Waals surface area contributed by atoms with Crippen molar-refractivity contribution in [1.29, 1.82) is 0 Å². The number of hydrogen-bond acceptors (Lipinski definition) is 4. The van der Waals surface area contributed by atoms with E-state index in [1.165, 1.54) is 11.3 Å². The second-order valence-electron chi connectivity index (χ2n) is 6.87. The second-order valence-corrected chi connectivity index (χ2v) is 6.87. The summed E-state index contributed by atoms with van der Waals surface area (Å²) < 4.78 is 7.33. The number of guanidine groups is 1. The zero-order valence-corrected chi connectivity index (χ0v) is 16.4. The highest BCUT2D eigenvalue weighted by Crippen LogP contribution is 2.12. The molecular weight excluding hydrogens is 316 g/mol. The predicted octanol–water partition coefficient (Wildman–Crippen LogP) is 1.06. The van der Waals surface area contributed by atoms with Crippen molar-refractivity contribution in [3.63, 3.8) is 0 Å². The van der Waals surface area contributed by atoms with Crippen molar-refractivity contribution in [3.8, 4) is 0 Å². The Balaban J connectivity index is 1.86. The van der Waals surface area contributed by atoms with Crippen molar-refractivity contribution in [3.05, 3.63) is 17.0 Å². The topological polar surface area (TPSA) is 66.7 Å². The third kappa shape index (κ3) is 6.01. The van der Waals surface area contributed by atoms with Crippen molar-refractivity contribution in [2.75, 3.05) is 45.9 Å². The highest BCUT2D eigenvalue weighted by molar-refractivity contribution is 5.79. The first kappa shape index (κ1) is 19.7. The molecule has 142 valence electrons. The Bertz CT molecular complexity index is 562. The fraction of sp³-hybridized carbons (Fsp3) is 0.778. The molecule has 2 N–H and O–H groups in total. The molecule has 0 bridgehead atoms. The first-order chi connectivity index (χ1) is 12.0. The number of aryl methyl sites for hydroxylation is 2. The molecule has 25 heavy (non-hydrogen) atoms. The highest BCUT2D eigenvalue weighted by Gasteiger charge is 2.14. The number of aromatic nitrogens is 2. The van der Waals surface area contributed by atoms with Gasteiger partial charge in [-0.15, -0.1) is 0 Å². The minimum Gasteiger partial charge on any atom is -0.379 e. The summed E-state index contributed by atoms with van der Waals surface area (Å²) in [5.41, 5.74) is 3.44. The quantitative estimate of drug-likeness (QED) is 0.569. The molecule has 1 aliphatic heterocycles. The monoisotopic (exact) mass is 350 g/mol. The summed E-state index contributed by atoms with van der Waals surface area (Å²) in [5, 5.41) is 11.3. The Morgan fingerprint density at radius 2 is 2.00 bits per heavy atom. The number of nitrogens with zero attached hydrogens (tertiary/aromatic N) is 4. The van der Waals surface area contributed by atoms with E-state index in [0.717, 1.165) is 57.6 Å². The van der Waals surface area contributed by atoms with Crippen LogP contribution in [-0.4, -0.2) is 66.6 Å².